The molecule has 0 bridgehead atoms. The number of nitrogens with zero attached hydrogens (tertiary/aromatic N) is 2. The van der Waals surface area contributed by atoms with Crippen molar-refractivity contribution in [3.63, 3.8) is 0 Å². The Bertz CT molecular complexity index is 1170. The minimum atomic E-state index is -0.0554. The molecule has 5 heteroatoms. The molecule has 32 heavy (non-hydrogen) atoms. The fourth-order valence-electron chi connectivity index (χ4n) is 4.07. The number of benzene rings is 3. The molecule has 0 aliphatic heterocycles. The van der Waals surface area contributed by atoms with Gasteiger partial charge in [-0.2, -0.15) is 0 Å². The molecule has 0 aliphatic carbocycles. The van der Waals surface area contributed by atoms with Crippen molar-refractivity contribution in [2.75, 3.05) is 6.54 Å². The number of rotatable bonds is 9. The van der Waals surface area contributed by atoms with E-state index in [0.717, 1.165) is 37.0 Å². The maximum absolute atomic E-state index is 12.2. The molecule has 1 amide bonds. The Labute approximate surface area is 194 Å². The number of unbranched alkanes of at least 4 members (excludes halogenated alkanes) is 2. The minimum Gasteiger partial charge on any atom is -0.352 e. The first-order valence-electron chi connectivity index (χ1n) is 11.2. The van der Waals surface area contributed by atoms with Crippen LogP contribution in [0.2, 0.25) is 5.02 Å². The Balaban J connectivity index is 1.34. The molecule has 4 nitrogen and oxygen atoms in total. The second-order valence-corrected chi connectivity index (χ2v) is 8.48. The summed E-state index contributed by atoms with van der Waals surface area (Å²) >= 11 is 5.88. The van der Waals surface area contributed by atoms with Crippen LogP contribution >= 0.6 is 11.6 Å². The van der Waals surface area contributed by atoms with Crippen molar-refractivity contribution in [1.82, 2.24) is 14.9 Å². The zero-order valence-electron chi connectivity index (χ0n) is 18.3. The van der Waals surface area contributed by atoms with Gasteiger partial charge < -0.3 is 9.88 Å². The number of hydrogen-bond donors (Lipinski definition) is 1. The van der Waals surface area contributed by atoms with E-state index in [2.05, 4.69) is 65.3 Å². The molecular formula is C27H28ClN3O. The normalized spacial score (nSPS) is 12.1. The topological polar surface area (TPSA) is 46.9 Å². The number of aromatic nitrogens is 2. The lowest BCUT2D eigenvalue weighted by Gasteiger charge is -2.18. The second-order valence-electron chi connectivity index (χ2n) is 8.05. The SMILES string of the molecule is CC(c1ccccc1)n1c(CCCCCNC(=O)c2ccc(Cl)cc2)nc2ccccc21. The summed E-state index contributed by atoms with van der Waals surface area (Å²) in [5.74, 6) is 1.06. The lowest BCUT2D eigenvalue weighted by molar-refractivity contribution is 0.0953. The summed E-state index contributed by atoms with van der Waals surface area (Å²) in [6.45, 7) is 2.90. The molecule has 0 saturated carbocycles. The highest BCUT2D eigenvalue weighted by Gasteiger charge is 2.16. The summed E-state index contributed by atoms with van der Waals surface area (Å²) < 4.78 is 2.37. The largest absolute Gasteiger partial charge is 0.352 e. The average Bonchev–Trinajstić information content (AvgIpc) is 3.20. The predicted molar refractivity (Wildman–Crippen MR) is 131 cm³/mol. The first kappa shape index (κ1) is 22.1. The molecule has 0 radical (unpaired) electrons. The van der Waals surface area contributed by atoms with Crippen molar-refractivity contribution in [3.05, 3.63) is 101 Å². The van der Waals surface area contributed by atoms with Crippen LogP contribution in [-0.2, 0) is 6.42 Å². The van der Waals surface area contributed by atoms with E-state index in [4.69, 9.17) is 16.6 Å². The fraction of sp³-hybridized carbons (Fsp3) is 0.259. The maximum Gasteiger partial charge on any atom is 0.251 e. The maximum atomic E-state index is 12.2. The summed E-state index contributed by atoms with van der Waals surface area (Å²) in [4.78, 5) is 17.1. The molecule has 1 heterocycles. The van der Waals surface area contributed by atoms with Crippen molar-refractivity contribution in [1.29, 1.82) is 0 Å². The number of hydrogen-bond acceptors (Lipinski definition) is 2. The van der Waals surface area contributed by atoms with Crippen LogP contribution in [0.5, 0.6) is 0 Å². The highest BCUT2D eigenvalue weighted by Crippen LogP contribution is 2.26. The van der Waals surface area contributed by atoms with Crippen LogP contribution in [0.15, 0.2) is 78.9 Å². The zero-order chi connectivity index (χ0) is 22.3. The lowest BCUT2D eigenvalue weighted by Crippen LogP contribution is -2.24. The van der Waals surface area contributed by atoms with Gasteiger partial charge in [-0.3, -0.25) is 4.79 Å². The predicted octanol–water partition coefficient (Wildman–Crippen LogP) is 6.44. The highest BCUT2D eigenvalue weighted by molar-refractivity contribution is 6.30. The number of carbonyl (C=O) groups excluding carboxylic acids is 1. The van der Waals surface area contributed by atoms with E-state index in [9.17, 15) is 4.79 Å². The number of fused-ring (bicyclic) bond motifs is 1. The molecule has 164 valence electrons. The van der Waals surface area contributed by atoms with Gasteiger partial charge in [0.1, 0.15) is 5.82 Å². The van der Waals surface area contributed by atoms with Crippen LogP contribution in [-0.4, -0.2) is 22.0 Å². The molecule has 1 atom stereocenters. The number of imidazole rings is 1. The van der Waals surface area contributed by atoms with Crippen molar-refractivity contribution in [3.8, 4) is 0 Å². The summed E-state index contributed by atoms with van der Waals surface area (Å²) in [7, 11) is 0. The molecule has 0 fully saturated rings. The number of aryl methyl sites for hydroxylation is 1. The minimum absolute atomic E-state index is 0.0554. The highest BCUT2D eigenvalue weighted by atomic mass is 35.5. The van der Waals surface area contributed by atoms with Gasteiger partial charge in [-0.1, -0.05) is 60.5 Å². The molecule has 0 spiro atoms. The monoisotopic (exact) mass is 445 g/mol. The van der Waals surface area contributed by atoms with Crippen LogP contribution in [0.4, 0.5) is 0 Å². The summed E-state index contributed by atoms with van der Waals surface area (Å²) in [6.07, 6.45) is 3.91. The molecule has 1 N–H and O–H groups in total. The van der Waals surface area contributed by atoms with Crippen LogP contribution in [0.1, 0.15) is 54.0 Å². The third kappa shape index (κ3) is 5.20. The molecule has 1 unspecified atom stereocenters. The van der Waals surface area contributed by atoms with E-state index in [1.807, 2.05) is 6.07 Å². The molecular weight excluding hydrogens is 418 g/mol. The van der Waals surface area contributed by atoms with E-state index >= 15 is 0 Å². The molecule has 4 aromatic rings. The van der Waals surface area contributed by atoms with Gasteiger partial charge in [-0.15, -0.1) is 0 Å². The van der Waals surface area contributed by atoms with Crippen molar-refractivity contribution < 1.29 is 4.79 Å². The van der Waals surface area contributed by atoms with Gasteiger partial charge >= 0.3 is 0 Å². The van der Waals surface area contributed by atoms with E-state index in [1.54, 1.807) is 24.3 Å². The molecule has 0 saturated heterocycles. The van der Waals surface area contributed by atoms with Gasteiger partial charge in [-0.25, -0.2) is 4.98 Å². The zero-order valence-corrected chi connectivity index (χ0v) is 19.1. The first-order valence-corrected chi connectivity index (χ1v) is 11.6. The average molecular weight is 446 g/mol. The number of nitrogens with one attached hydrogen (secondary N) is 1. The van der Waals surface area contributed by atoms with Crippen LogP contribution in [0, 0.1) is 0 Å². The van der Waals surface area contributed by atoms with Gasteiger partial charge in [0.05, 0.1) is 17.1 Å². The smallest absolute Gasteiger partial charge is 0.251 e. The fourth-order valence-corrected chi connectivity index (χ4v) is 4.20. The van der Waals surface area contributed by atoms with Crippen molar-refractivity contribution >= 4 is 28.5 Å². The van der Waals surface area contributed by atoms with Crippen molar-refractivity contribution in [2.45, 2.75) is 38.6 Å². The van der Waals surface area contributed by atoms with Gasteiger partial charge in [0.25, 0.3) is 5.91 Å². The van der Waals surface area contributed by atoms with Crippen LogP contribution < -0.4 is 5.32 Å². The van der Waals surface area contributed by atoms with E-state index in [0.29, 0.717) is 17.1 Å². The van der Waals surface area contributed by atoms with Gasteiger partial charge in [0, 0.05) is 23.6 Å². The molecule has 3 aromatic carbocycles. The van der Waals surface area contributed by atoms with E-state index in [1.165, 1.54) is 11.1 Å². The third-order valence-corrected chi connectivity index (χ3v) is 6.06. The number of halogens is 1. The summed E-state index contributed by atoms with van der Waals surface area (Å²) in [5.41, 5.74) is 4.13. The second kappa shape index (κ2) is 10.5. The van der Waals surface area contributed by atoms with E-state index in [-0.39, 0.29) is 11.9 Å². The molecule has 0 aliphatic rings. The van der Waals surface area contributed by atoms with Gasteiger partial charge in [0.15, 0.2) is 0 Å². The molecule has 4 rings (SSSR count). The Morgan fingerprint density at radius 1 is 0.938 bits per heavy atom. The first-order chi connectivity index (χ1) is 15.6. The number of carbonyl (C=O) groups is 1. The van der Waals surface area contributed by atoms with Gasteiger partial charge in [-0.05, 0) is 61.7 Å². The summed E-state index contributed by atoms with van der Waals surface area (Å²) in [5, 5.41) is 3.62. The standard InChI is InChI=1S/C27H28ClN3O/c1-20(21-10-4-2-5-11-21)31-25-13-8-7-12-24(25)30-26(31)14-6-3-9-19-29-27(32)22-15-17-23(28)18-16-22/h2,4-5,7-8,10-13,15-18,20H,3,6,9,14,19H2,1H3,(H,29,32). The Morgan fingerprint density at radius 3 is 2.44 bits per heavy atom. The van der Waals surface area contributed by atoms with Gasteiger partial charge in [0.2, 0.25) is 0 Å². The van der Waals surface area contributed by atoms with E-state index < -0.39 is 0 Å². The van der Waals surface area contributed by atoms with Crippen molar-refractivity contribution in [2.24, 2.45) is 0 Å². The third-order valence-electron chi connectivity index (χ3n) is 5.81. The summed E-state index contributed by atoms with van der Waals surface area (Å²) in [6, 6.07) is 26.1. The lowest BCUT2D eigenvalue weighted by atomic mass is 10.1. The Hall–Kier alpha value is -3.11. The Kier molecular flexibility index (Phi) is 7.23. The van der Waals surface area contributed by atoms with Crippen LogP contribution in [0.25, 0.3) is 11.0 Å². The quantitative estimate of drug-likeness (QED) is 0.301. The number of para-hydroxylation sites is 2. The van der Waals surface area contributed by atoms with Crippen LogP contribution in [0.3, 0.4) is 0 Å². The number of amides is 1. The molecule has 1 aromatic heterocycles. The Morgan fingerprint density at radius 2 is 1.66 bits per heavy atom.